The fraction of sp³-hybridized carbons (Fsp3) is 1.00. The van der Waals surface area contributed by atoms with Gasteiger partial charge in [0.25, 0.3) is 0 Å². The molecule has 20 heavy (non-hydrogen) atoms. The monoisotopic (exact) mass is 334 g/mol. The van der Waals surface area contributed by atoms with E-state index in [1.165, 1.54) is 0 Å². The van der Waals surface area contributed by atoms with Gasteiger partial charge in [0.1, 0.15) is 0 Å². The predicted octanol–water partition coefficient (Wildman–Crippen LogP) is 5.42. The molecule has 0 rings (SSSR count). The van der Waals surface area contributed by atoms with Gasteiger partial charge in [-0.1, -0.05) is 33.0 Å². The summed E-state index contributed by atoms with van der Waals surface area (Å²) in [6.07, 6.45) is 2.26. The fourth-order valence-corrected chi connectivity index (χ4v) is 10.0. The Labute approximate surface area is 130 Å². The molecule has 0 amide bonds. The number of hydrogen-bond acceptors (Lipinski definition) is 2. The van der Waals surface area contributed by atoms with E-state index in [1.54, 1.807) is 0 Å². The molecule has 0 fully saturated rings. The van der Waals surface area contributed by atoms with Crippen LogP contribution in [0.2, 0.25) is 52.4 Å². The van der Waals surface area contributed by atoms with Crippen LogP contribution in [0.5, 0.6) is 0 Å². The van der Waals surface area contributed by atoms with Crippen LogP contribution in [0.25, 0.3) is 0 Å². The van der Waals surface area contributed by atoms with Gasteiger partial charge >= 0.3 is 0 Å². The summed E-state index contributed by atoms with van der Waals surface area (Å²) in [7, 11) is -4.75. The zero-order valence-electron chi connectivity index (χ0n) is 15.8. The van der Waals surface area contributed by atoms with Crippen molar-refractivity contribution in [2.24, 2.45) is 0 Å². The Morgan fingerprint density at radius 3 is 1.70 bits per heavy atom. The first-order valence-electron chi connectivity index (χ1n) is 8.02. The van der Waals surface area contributed by atoms with Crippen molar-refractivity contribution in [2.45, 2.75) is 96.9 Å². The van der Waals surface area contributed by atoms with Gasteiger partial charge in [0.05, 0.1) is 13.3 Å². The van der Waals surface area contributed by atoms with Gasteiger partial charge in [-0.2, -0.15) is 0 Å². The van der Waals surface area contributed by atoms with Gasteiger partial charge in [-0.15, -0.1) is 0 Å². The van der Waals surface area contributed by atoms with Crippen LogP contribution in [-0.2, 0) is 8.85 Å². The maximum absolute atomic E-state index is 6.66. The third kappa shape index (κ3) is 6.13. The molecular formula is C15H38O2Si3. The van der Waals surface area contributed by atoms with Gasteiger partial charge in [0.15, 0.2) is 8.32 Å². The van der Waals surface area contributed by atoms with Crippen molar-refractivity contribution in [3.63, 3.8) is 0 Å². The van der Waals surface area contributed by atoms with Crippen LogP contribution >= 0.6 is 0 Å². The van der Waals surface area contributed by atoms with Crippen molar-refractivity contribution < 1.29 is 8.85 Å². The maximum Gasteiger partial charge on any atom is 0.216 e. The third-order valence-electron chi connectivity index (χ3n) is 4.22. The van der Waals surface area contributed by atoms with Gasteiger partial charge in [0.2, 0.25) is 8.32 Å². The smallest absolute Gasteiger partial charge is 0.216 e. The second-order valence-corrected chi connectivity index (χ2v) is 23.1. The molecule has 0 saturated carbocycles. The van der Waals surface area contributed by atoms with Crippen LogP contribution in [0, 0.1) is 0 Å². The second-order valence-electron chi connectivity index (χ2n) is 8.83. The normalized spacial score (nSPS) is 18.8. The molecule has 0 aliphatic rings. The van der Waals surface area contributed by atoms with E-state index in [2.05, 4.69) is 73.1 Å². The van der Waals surface area contributed by atoms with Crippen molar-refractivity contribution in [1.82, 2.24) is 0 Å². The number of rotatable bonds is 8. The zero-order chi connectivity index (χ0) is 16.4. The van der Waals surface area contributed by atoms with Crippen molar-refractivity contribution in [3.8, 4) is 0 Å². The summed E-state index contributed by atoms with van der Waals surface area (Å²) in [4.78, 5) is 0. The standard InChI is InChI=1S/C15H38O2Si3/c1-12-13-15(3,17-19(7,8)9)20(10,11)16-14(2)18(4,5)6/h14H,12-13H2,1-11H3. The minimum atomic E-state index is -1.91. The molecule has 2 unspecified atom stereocenters. The highest BCUT2D eigenvalue weighted by Gasteiger charge is 2.49. The summed E-state index contributed by atoms with van der Waals surface area (Å²) in [6.45, 7) is 25.5. The Morgan fingerprint density at radius 2 is 1.40 bits per heavy atom. The highest BCUT2D eigenvalue weighted by molar-refractivity contribution is 6.80. The predicted molar refractivity (Wildman–Crippen MR) is 99.1 cm³/mol. The van der Waals surface area contributed by atoms with E-state index in [0.717, 1.165) is 12.8 Å². The summed E-state index contributed by atoms with van der Waals surface area (Å²) >= 11 is 0. The summed E-state index contributed by atoms with van der Waals surface area (Å²) in [6, 6.07) is 0. The third-order valence-corrected chi connectivity index (χ3v) is 12.1. The largest absolute Gasteiger partial charge is 0.415 e. The Balaban J connectivity index is 5.24. The molecule has 0 aliphatic carbocycles. The lowest BCUT2D eigenvalue weighted by molar-refractivity contribution is 0.106. The Hall–Kier alpha value is 0.571. The molecule has 0 heterocycles. The summed E-state index contributed by atoms with van der Waals surface area (Å²) in [5, 5.41) is -0.0693. The van der Waals surface area contributed by atoms with Crippen LogP contribution in [0.1, 0.15) is 33.6 Å². The highest BCUT2D eigenvalue weighted by atomic mass is 28.4. The lowest BCUT2D eigenvalue weighted by Crippen LogP contribution is -2.62. The molecule has 0 aromatic heterocycles. The van der Waals surface area contributed by atoms with E-state index in [4.69, 9.17) is 8.85 Å². The van der Waals surface area contributed by atoms with Crippen molar-refractivity contribution in [1.29, 1.82) is 0 Å². The number of hydrogen-bond donors (Lipinski definition) is 0. The summed E-state index contributed by atoms with van der Waals surface area (Å²) < 4.78 is 13.3. The topological polar surface area (TPSA) is 18.5 Å². The van der Waals surface area contributed by atoms with Crippen LogP contribution in [-0.4, -0.2) is 35.7 Å². The molecule has 0 N–H and O–H groups in total. The molecule has 2 atom stereocenters. The average Bonchev–Trinajstić information content (AvgIpc) is 2.12. The molecule has 2 nitrogen and oxygen atoms in total. The first kappa shape index (κ1) is 20.6. The van der Waals surface area contributed by atoms with Crippen LogP contribution in [0.15, 0.2) is 0 Å². The zero-order valence-corrected chi connectivity index (χ0v) is 18.8. The second kappa shape index (κ2) is 6.77. The molecular weight excluding hydrogens is 296 g/mol. The van der Waals surface area contributed by atoms with Crippen LogP contribution < -0.4 is 0 Å². The van der Waals surface area contributed by atoms with E-state index in [-0.39, 0.29) is 5.22 Å². The Bertz CT molecular complexity index is 305. The minimum absolute atomic E-state index is 0.0693. The lowest BCUT2D eigenvalue weighted by atomic mass is 10.2. The van der Waals surface area contributed by atoms with Gasteiger partial charge in [-0.3, -0.25) is 0 Å². The van der Waals surface area contributed by atoms with Crippen LogP contribution in [0.3, 0.4) is 0 Å². The molecule has 0 aromatic carbocycles. The van der Waals surface area contributed by atoms with Gasteiger partial charge in [-0.25, -0.2) is 0 Å². The van der Waals surface area contributed by atoms with E-state index in [9.17, 15) is 0 Å². The van der Waals surface area contributed by atoms with Crippen molar-refractivity contribution in [3.05, 3.63) is 0 Å². The summed E-state index contributed by atoms with van der Waals surface area (Å²) in [5.74, 6) is 0. The molecule has 0 bridgehead atoms. The summed E-state index contributed by atoms with van der Waals surface area (Å²) in [5.41, 5.74) is 0.394. The molecule has 5 heteroatoms. The van der Waals surface area contributed by atoms with E-state index >= 15 is 0 Å². The first-order chi connectivity index (χ1) is 8.65. The van der Waals surface area contributed by atoms with Crippen LogP contribution in [0.4, 0.5) is 0 Å². The minimum Gasteiger partial charge on any atom is -0.415 e. The fourth-order valence-electron chi connectivity index (χ4n) is 2.37. The van der Waals surface area contributed by atoms with Gasteiger partial charge in [-0.05, 0) is 53.0 Å². The first-order valence-corrected chi connectivity index (χ1v) is 17.9. The lowest BCUT2D eigenvalue weighted by Gasteiger charge is -2.48. The molecule has 0 aromatic rings. The molecule has 0 saturated heterocycles. The van der Waals surface area contributed by atoms with Gasteiger partial charge in [0, 0.05) is 5.73 Å². The Kier molecular flexibility index (Phi) is 6.96. The molecule has 0 spiro atoms. The average molecular weight is 335 g/mol. The highest BCUT2D eigenvalue weighted by Crippen LogP contribution is 2.35. The van der Waals surface area contributed by atoms with Crippen molar-refractivity contribution in [2.75, 3.05) is 0 Å². The van der Waals surface area contributed by atoms with Crippen molar-refractivity contribution >= 4 is 24.7 Å². The molecule has 0 aliphatic heterocycles. The Morgan fingerprint density at radius 1 is 0.950 bits per heavy atom. The van der Waals surface area contributed by atoms with E-state index in [0.29, 0.717) is 5.73 Å². The van der Waals surface area contributed by atoms with E-state index < -0.39 is 24.7 Å². The maximum atomic E-state index is 6.66. The van der Waals surface area contributed by atoms with E-state index in [1.807, 2.05) is 0 Å². The molecule has 0 radical (unpaired) electrons. The molecule has 122 valence electrons. The quantitative estimate of drug-likeness (QED) is 0.551. The van der Waals surface area contributed by atoms with Gasteiger partial charge < -0.3 is 8.85 Å². The SMILES string of the molecule is CCCC(C)(O[Si](C)(C)C)[Si](C)(C)OC(C)[Si](C)(C)C.